The van der Waals surface area contributed by atoms with Crippen LogP contribution in [0.3, 0.4) is 0 Å². The van der Waals surface area contributed by atoms with Gasteiger partial charge in [0.1, 0.15) is 21.5 Å². The van der Waals surface area contributed by atoms with Crippen molar-refractivity contribution in [3.63, 3.8) is 0 Å². The quantitative estimate of drug-likeness (QED) is 0.291. The van der Waals surface area contributed by atoms with Crippen molar-refractivity contribution in [2.24, 2.45) is 10.8 Å². The number of fused-ring (bicyclic) bond motifs is 1. The van der Waals surface area contributed by atoms with Crippen LogP contribution in [0.5, 0.6) is 0 Å². The Morgan fingerprint density at radius 1 is 0.952 bits per heavy atom. The fraction of sp³-hybridized carbons (Fsp3) is 0.484. The standard InChI is InChI=1S/C31H38F2N6OS2/c32-24-9-10-26(33)25(21-24)29-36-39(31(42-29,12-6-13-34)23-7-2-1-3-8-23)30-35-27-22-38(16-11-28(27)41-30)15-5-4-14-37-17-19-40-20-18-37/h1-3,7-10,21H,4-6,11-20,22,34H2. The molecule has 2 aromatic carbocycles. The number of anilines is 1. The van der Waals surface area contributed by atoms with E-state index in [-0.39, 0.29) is 5.56 Å². The number of nitrogens with two attached hydrogens (primary N) is 1. The molecule has 6 rings (SSSR count). The number of rotatable bonds is 11. The maximum absolute atomic E-state index is 15.0. The Kier molecular flexibility index (Phi) is 9.52. The van der Waals surface area contributed by atoms with Gasteiger partial charge in [-0.1, -0.05) is 53.4 Å². The number of nitrogens with zero attached hydrogens (tertiary/aromatic N) is 5. The van der Waals surface area contributed by atoms with Crippen LogP contribution in [0.1, 0.15) is 47.4 Å². The third kappa shape index (κ3) is 6.41. The molecule has 0 saturated carbocycles. The molecule has 4 heterocycles. The van der Waals surface area contributed by atoms with Crippen LogP contribution in [0.15, 0.2) is 53.6 Å². The maximum atomic E-state index is 15.0. The van der Waals surface area contributed by atoms with Crippen LogP contribution in [0.2, 0.25) is 0 Å². The van der Waals surface area contributed by atoms with Crippen molar-refractivity contribution in [3.05, 3.63) is 81.9 Å². The van der Waals surface area contributed by atoms with Gasteiger partial charge >= 0.3 is 0 Å². The van der Waals surface area contributed by atoms with Gasteiger partial charge in [0.25, 0.3) is 0 Å². The molecule has 224 valence electrons. The zero-order valence-electron chi connectivity index (χ0n) is 23.8. The van der Waals surface area contributed by atoms with E-state index in [0.29, 0.717) is 18.0 Å². The minimum Gasteiger partial charge on any atom is -0.379 e. The van der Waals surface area contributed by atoms with Crippen LogP contribution in [-0.4, -0.2) is 72.3 Å². The van der Waals surface area contributed by atoms with Crippen molar-refractivity contribution in [1.29, 1.82) is 0 Å². The molecule has 3 aliphatic rings. The molecule has 0 spiro atoms. The number of ether oxygens (including phenoxy) is 1. The van der Waals surface area contributed by atoms with Crippen molar-refractivity contribution in [2.45, 2.75) is 43.5 Å². The first-order valence-corrected chi connectivity index (χ1v) is 16.5. The molecule has 0 amide bonds. The first-order valence-electron chi connectivity index (χ1n) is 14.9. The molecule has 2 N–H and O–H groups in total. The molecule has 11 heteroatoms. The lowest BCUT2D eigenvalue weighted by Crippen LogP contribution is -2.38. The van der Waals surface area contributed by atoms with Crippen LogP contribution in [0, 0.1) is 11.6 Å². The number of hydrogen-bond donors (Lipinski definition) is 1. The van der Waals surface area contributed by atoms with E-state index in [4.69, 9.17) is 20.6 Å². The van der Waals surface area contributed by atoms with Crippen LogP contribution in [0.25, 0.3) is 0 Å². The summed E-state index contributed by atoms with van der Waals surface area (Å²) in [6.45, 7) is 8.30. The lowest BCUT2D eigenvalue weighted by atomic mass is 10.0. The Labute approximate surface area is 254 Å². The number of aromatic nitrogens is 1. The molecule has 1 unspecified atom stereocenters. The molecule has 0 aliphatic carbocycles. The summed E-state index contributed by atoms with van der Waals surface area (Å²) < 4.78 is 34.7. The van der Waals surface area contributed by atoms with E-state index in [2.05, 4.69) is 21.9 Å². The highest BCUT2D eigenvalue weighted by molar-refractivity contribution is 8.15. The van der Waals surface area contributed by atoms with E-state index in [1.807, 2.05) is 23.2 Å². The molecular weight excluding hydrogens is 575 g/mol. The van der Waals surface area contributed by atoms with Crippen molar-refractivity contribution < 1.29 is 13.5 Å². The fourth-order valence-corrected chi connectivity index (χ4v) is 8.46. The van der Waals surface area contributed by atoms with Gasteiger partial charge in [-0.15, -0.1) is 0 Å². The molecule has 0 radical (unpaired) electrons. The third-order valence-corrected chi connectivity index (χ3v) is 10.8. The van der Waals surface area contributed by atoms with Gasteiger partial charge in [-0.3, -0.25) is 9.80 Å². The zero-order valence-corrected chi connectivity index (χ0v) is 25.4. The smallest absolute Gasteiger partial charge is 0.208 e. The summed E-state index contributed by atoms with van der Waals surface area (Å²) in [5, 5.41) is 8.16. The molecule has 42 heavy (non-hydrogen) atoms. The van der Waals surface area contributed by atoms with Gasteiger partial charge in [0, 0.05) is 36.6 Å². The summed E-state index contributed by atoms with van der Waals surface area (Å²) in [5.41, 5.74) is 8.30. The Morgan fingerprint density at radius 3 is 2.52 bits per heavy atom. The largest absolute Gasteiger partial charge is 0.379 e. The summed E-state index contributed by atoms with van der Waals surface area (Å²) in [5.74, 6) is -0.983. The summed E-state index contributed by atoms with van der Waals surface area (Å²) >= 11 is 3.13. The summed E-state index contributed by atoms with van der Waals surface area (Å²) in [6, 6.07) is 13.7. The van der Waals surface area contributed by atoms with Gasteiger partial charge in [-0.25, -0.2) is 18.8 Å². The highest BCUT2D eigenvalue weighted by Gasteiger charge is 2.48. The van der Waals surface area contributed by atoms with Gasteiger partial charge in [0.15, 0.2) is 0 Å². The second-order valence-electron chi connectivity index (χ2n) is 11.0. The molecular formula is C31H38F2N6OS2. The molecule has 0 bridgehead atoms. The minimum absolute atomic E-state index is 0.167. The van der Waals surface area contributed by atoms with Crippen molar-refractivity contribution in [1.82, 2.24) is 14.8 Å². The second-order valence-corrected chi connectivity index (χ2v) is 13.4. The van der Waals surface area contributed by atoms with Crippen molar-refractivity contribution >= 4 is 33.3 Å². The number of thiazole rings is 1. The predicted molar refractivity (Wildman–Crippen MR) is 167 cm³/mol. The monoisotopic (exact) mass is 612 g/mol. The highest BCUT2D eigenvalue weighted by Crippen LogP contribution is 2.53. The van der Waals surface area contributed by atoms with E-state index >= 15 is 0 Å². The zero-order chi connectivity index (χ0) is 28.9. The van der Waals surface area contributed by atoms with Crippen LogP contribution >= 0.6 is 23.1 Å². The molecule has 3 aliphatic heterocycles. The molecule has 7 nitrogen and oxygen atoms in total. The lowest BCUT2D eigenvalue weighted by Gasteiger charge is -2.35. The van der Waals surface area contributed by atoms with E-state index in [0.717, 1.165) is 100 Å². The van der Waals surface area contributed by atoms with E-state index in [1.165, 1.54) is 29.1 Å². The normalized spacial score (nSPS) is 21.5. The summed E-state index contributed by atoms with van der Waals surface area (Å²) in [4.78, 5) is 10.7. The number of benzene rings is 2. The third-order valence-electron chi connectivity index (χ3n) is 8.18. The number of hydrazone groups is 1. The van der Waals surface area contributed by atoms with Crippen LogP contribution < -0.4 is 10.7 Å². The van der Waals surface area contributed by atoms with Gasteiger partial charge < -0.3 is 10.5 Å². The molecule has 1 aromatic heterocycles. The topological polar surface area (TPSA) is 70.2 Å². The molecule has 1 atom stereocenters. The van der Waals surface area contributed by atoms with Gasteiger partial charge in [-0.2, -0.15) is 5.10 Å². The second kappa shape index (κ2) is 13.5. The van der Waals surface area contributed by atoms with E-state index in [1.54, 1.807) is 11.3 Å². The van der Waals surface area contributed by atoms with E-state index < -0.39 is 16.5 Å². The highest BCUT2D eigenvalue weighted by atomic mass is 32.2. The van der Waals surface area contributed by atoms with Crippen molar-refractivity contribution in [2.75, 3.05) is 57.5 Å². The fourth-order valence-electron chi connectivity index (χ4n) is 5.90. The van der Waals surface area contributed by atoms with Gasteiger partial charge in [0.05, 0.1) is 18.9 Å². The summed E-state index contributed by atoms with van der Waals surface area (Å²) in [6.07, 6.45) is 4.73. The molecule has 3 aromatic rings. The Morgan fingerprint density at radius 2 is 1.74 bits per heavy atom. The average Bonchev–Trinajstić information content (AvgIpc) is 3.62. The maximum Gasteiger partial charge on any atom is 0.208 e. The molecule has 1 saturated heterocycles. The Hall–Kier alpha value is -2.41. The van der Waals surface area contributed by atoms with E-state index in [9.17, 15) is 8.78 Å². The summed E-state index contributed by atoms with van der Waals surface area (Å²) in [7, 11) is 0. The first kappa shape index (κ1) is 29.7. The number of halogens is 2. The van der Waals surface area contributed by atoms with Gasteiger partial charge in [-0.05, 0) is 75.5 Å². The predicted octanol–water partition coefficient (Wildman–Crippen LogP) is 5.40. The number of thioether (sulfide) groups is 1. The number of unbranched alkanes of at least 4 members (excludes halogenated alkanes) is 1. The Balaban J connectivity index is 1.25. The molecule has 1 fully saturated rings. The number of morpholine rings is 1. The minimum atomic E-state index is -0.672. The average molecular weight is 613 g/mol. The SMILES string of the molecule is NCCCC1(c2ccccc2)SC(c2cc(F)ccc2F)=NN1c1nc2c(s1)CCN(CCCCN1CCOCC1)C2. The van der Waals surface area contributed by atoms with Gasteiger partial charge in [0.2, 0.25) is 5.13 Å². The van der Waals surface area contributed by atoms with Crippen LogP contribution in [-0.2, 0) is 22.6 Å². The first-order chi connectivity index (χ1) is 20.6. The van der Waals surface area contributed by atoms with Crippen molar-refractivity contribution in [3.8, 4) is 0 Å². The lowest BCUT2D eigenvalue weighted by molar-refractivity contribution is 0.0368. The van der Waals surface area contributed by atoms with Crippen LogP contribution in [0.4, 0.5) is 13.9 Å². The number of hydrogen-bond acceptors (Lipinski definition) is 9. The Bertz CT molecular complexity index is 1380.